The number of carbonyl (C=O) groups excluding carboxylic acids is 2. The molecule has 0 saturated carbocycles. The van der Waals surface area contributed by atoms with Crippen molar-refractivity contribution in [2.75, 3.05) is 0 Å². The van der Waals surface area contributed by atoms with Gasteiger partial charge in [-0.2, -0.15) is 0 Å². The van der Waals surface area contributed by atoms with Gasteiger partial charge in [-0.3, -0.25) is 9.59 Å². The van der Waals surface area contributed by atoms with Crippen LogP contribution in [0, 0.1) is 0 Å². The van der Waals surface area contributed by atoms with Crippen molar-refractivity contribution in [3.05, 3.63) is 64.2 Å². The molecular weight excluding hydrogens is 444 g/mol. The molecule has 3 rings (SSSR count). The highest BCUT2D eigenvalue weighted by Gasteiger charge is 2.38. The van der Waals surface area contributed by atoms with Crippen molar-refractivity contribution >= 4 is 11.8 Å². The normalized spacial score (nSPS) is 15.6. The summed E-state index contributed by atoms with van der Waals surface area (Å²) in [5.41, 5.74) is 5.27. The van der Waals surface area contributed by atoms with Crippen LogP contribution < -0.4 is 4.74 Å². The summed E-state index contributed by atoms with van der Waals surface area (Å²) in [6, 6.07) is 12.7. The molecule has 1 aliphatic heterocycles. The van der Waals surface area contributed by atoms with Crippen LogP contribution in [-0.4, -0.2) is 11.8 Å². The molecular formula is C33H46O3. The van der Waals surface area contributed by atoms with E-state index in [9.17, 15) is 9.59 Å². The minimum Gasteiger partial charge on any atom is -0.425 e. The number of ether oxygens (including phenoxy) is 1. The number of benzene rings is 2. The zero-order valence-electron chi connectivity index (χ0n) is 23.6. The van der Waals surface area contributed by atoms with Crippen LogP contribution in [0.2, 0.25) is 0 Å². The topological polar surface area (TPSA) is 43.4 Å². The van der Waals surface area contributed by atoms with E-state index in [1.807, 2.05) is 6.07 Å². The largest absolute Gasteiger partial charge is 0.425 e. The Morgan fingerprint density at radius 1 is 0.806 bits per heavy atom. The monoisotopic (exact) mass is 490 g/mol. The summed E-state index contributed by atoms with van der Waals surface area (Å²) >= 11 is 0. The molecule has 0 amide bonds. The zero-order valence-corrected chi connectivity index (χ0v) is 23.6. The number of Topliss-reactive ketones (excluding diaryl/α,β-unsaturated/α-hetero) is 1. The van der Waals surface area contributed by atoms with E-state index in [0.717, 1.165) is 29.5 Å². The van der Waals surface area contributed by atoms with Crippen LogP contribution in [-0.2, 0) is 26.8 Å². The summed E-state index contributed by atoms with van der Waals surface area (Å²) in [6.07, 6.45) is 9.74. The van der Waals surface area contributed by atoms with Gasteiger partial charge in [-0.25, -0.2) is 0 Å². The highest BCUT2D eigenvalue weighted by Crippen LogP contribution is 2.44. The second kappa shape index (κ2) is 11.8. The molecule has 0 aliphatic carbocycles. The molecule has 0 radical (unpaired) electrons. The summed E-state index contributed by atoms with van der Waals surface area (Å²) in [5, 5.41) is 0. The Balaban J connectivity index is 2.06. The first-order valence-corrected chi connectivity index (χ1v) is 14.0. The Labute approximate surface area is 219 Å². The smallest absolute Gasteiger partial charge is 0.323 e. The third-order valence-electron chi connectivity index (χ3n) is 8.04. The average Bonchev–Trinajstić information content (AvgIpc) is 3.14. The first-order chi connectivity index (χ1) is 17.0. The van der Waals surface area contributed by atoms with Gasteiger partial charge in [-0.1, -0.05) is 110 Å². The van der Waals surface area contributed by atoms with Crippen LogP contribution in [0.1, 0.15) is 134 Å². The molecule has 1 unspecified atom stereocenters. The van der Waals surface area contributed by atoms with Crippen LogP contribution in [0.3, 0.4) is 0 Å². The predicted molar refractivity (Wildman–Crippen MR) is 149 cm³/mol. The Kier molecular flexibility index (Phi) is 9.19. The third-order valence-corrected chi connectivity index (χ3v) is 8.04. The van der Waals surface area contributed by atoms with Gasteiger partial charge in [-0.05, 0) is 58.9 Å². The van der Waals surface area contributed by atoms with E-state index < -0.39 is 5.92 Å². The maximum atomic E-state index is 13.3. The SMILES string of the molecule is CCCCCC(C)(C)c1ccc(CC(C)=O)c(C2C(=O)Oc3ccc(C(C)(C)CCCCC)cc32)c1. The lowest BCUT2D eigenvalue weighted by molar-refractivity contribution is -0.133. The predicted octanol–water partition coefficient (Wildman–Crippen LogP) is 8.58. The number of carbonyl (C=O) groups is 2. The number of hydrogen-bond acceptors (Lipinski definition) is 3. The van der Waals surface area contributed by atoms with E-state index in [1.54, 1.807) is 6.92 Å². The van der Waals surface area contributed by atoms with Crippen LogP contribution in [0.15, 0.2) is 36.4 Å². The van der Waals surface area contributed by atoms with Gasteiger partial charge in [0.05, 0.1) is 0 Å². The molecule has 196 valence electrons. The second-order valence-electron chi connectivity index (χ2n) is 12.1. The molecule has 1 aliphatic rings. The minimum atomic E-state index is -0.493. The van der Waals surface area contributed by atoms with Crippen molar-refractivity contribution in [1.82, 2.24) is 0 Å². The molecule has 2 aromatic carbocycles. The number of ketones is 1. The van der Waals surface area contributed by atoms with Crippen LogP contribution in [0.5, 0.6) is 5.75 Å². The fourth-order valence-corrected chi connectivity index (χ4v) is 5.51. The summed E-state index contributed by atoms with van der Waals surface area (Å²) < 4.78 is 5.78. The van der Waals surface area contributed by atoms with Crippen molar-refractivity contribution in [2.24, 2.45) is 0 Å². The highest BCUT2D eigenvalue weighted by atomic mass is 16.5. The van der Waals surface area contributed by atoms with Gasteiger partial charge in [0, 0.05) is 12.0 Å². The van der Waals surface area contributed by atoms with Gasteiger partial charge in [0.1, 0.15) is 17.5 Å². The number of unbranched alkanes of at least 4 members (excludes halogenated alkanes) is 4. The fourth-order valence-electron chi connectivity index (χ4n) is 5.51. The summed E-state index contributed by atoms with van der Waals surface area (Å²) in [6.45, 7) is 15.2. The Bertz CT molecular complexity index is 1080. The highest BCUT2D eigenvalue weighted by molar-refractivity contribution is 5.90. The van der Waals surface area contributed by atoms with E-state index in [2.05, 4.69) is 71.9 Å². The van der Waals surface area contributed by atoms with E-state index in [1.165, 1.54) is 49.7 Å². The molecule has 0 bridgehead atoms. The summed E-state index contributed by atoms with van der Waals surface area (Å²) in [5.74, 6) is 0.0203. The lowest BCUT2D eigenvalue weighted by atomic mass is 9.75. The summed E-state index contributed by atoms with van der Waals surface area (Å²) in [4.78, 5) is 25.5. The van der Waals surface area contributed by atoms with Crippen LogP contribution >= 0.6 is 0 Å². The maximum absolute atomic E-state index is 13.3. The van der Waals surface area contributed by atoms with Gasteiger partial charge in [0.15, 0.2) is 0 Å². The lowest BCUT2D eigenvalue weighted by Gasteiger charge is -2.28. The Morgan fingerprint density at radius 2 is 1.33 bits per heavy atom. The van der Waals surface area contributed by atoms with Crippen LogP contribution in [0.25, 0.3) is 0 Å². The number of hydrogen-bond donors (Lipinski definition) is 0. The van der Waals surface area contributed by atoms with E-state index in [0.29, 0.717) is 12.2 Å². The molecule has 0 spiro atoms. The van der Waals surface area contributed by atoms with Crippen molar-refractivity contribution in [2.45, 2.75) is 123 Å². The van der Waals surface area contributed by atoms with Crippen molar-refractivity contribution in [3.8, 4) is 5.75 Å². The summed E-state index contributed by atoms with van der Waals surface area (Å²) in [7, 11) is 0. The lowest BCUT2D eigenvalue weighted by Crippen LogP contribution is -2.20. The van der Waals surface area contributed by atoms with Crippen LogP contribution in [0.4, 0.5) is 0 Å². The molecule has 36 heavy (non-hydrogen) atoms. The Hall–Kier alpha value is -2.42. The van der Waals surface area contributed by atoms with E-state index in [4.69, 9.17) is 4.74 Å². The van der Waals surface area contributed by atoms with E-state index in [-0.39, 0.29) is 22.6 Å². The second-order valence-corrected chi connectivity index (χ2v) is 12.1. The number of esters is 1. The standard InChI is InChI=1S/C33H46O3/c1-8-10-12-18-32(4,5)25-15-14-24(20-23(3)34)27(21-25)30-28-22-26(16-17-29(28)36-31(30)35)33(6,7)19-13-11-9-2/h14-17,21-22,30H,8-13,18-20H2,1-7H3. The van der Waals surface area contributed by atoms with Gasteiger partial charge in [0.25, 0.3) is 0 Å². The third kappa shape index (κ3) is 6.47. The maximum Gasteiger partial charge on any atom is 0.323 e. The first-order valence-electron chi connectivity index (χ1n) is 14.0. The van der Waals surface area contributed by atoms with E-state index >= 15 is 0 Å². The molecule has 0 fully saturated rings. The van der Waals surface area contributed by atoms with Gasteiger partial charge in [0.2, 0.25) is 0 Å². The zero-order chi connectivity index (χ0) is 26.5. The quantitative estimate of drug-likeness (QED) is 0.160. The number of rotatable bonds is 13. The van der Waals surface area contributed by atoms with Crippen molar-refractivity contribution in [3.63, 3.8) is 0 Å². The van der Waals surface area contributed by atoms with Crippen molar-refractivity contribution < 1.29 is 14.3 Å². The molecule has 3 heteroatoms. The average molecular weight is 491 g/mol. The van der Waals surface area contributed by atoms with Gasteiger partial charge in [-0.15, -0.1) is 0 Å². The van der Waals surface area contributed by atoms with Gasteiger partial charge >= 0.3 is 5.97 Å². The molecule has 3 nitrogen and oxygen atoms in total. The van der Waals surface area contributed by atoms with Crippen molar-refractivity contribution in [1.29, 1.82) is 0 Å². The van der Waals surface area contributed by atoms with Gasteiger partial charge < -0.3 is 4.74 Å². The molecule has 2 aromatic rings. The minimum absolute atomic E-state index is 0.00682. The molecule has 0 aromatic heterocycles. The molecule has 0 saturated heterocycles. The fraction of sp³-hybridized carbons (Fsp3) is 0.576. The Morgan fingerprint density at radius 3 is 1.86 bits per heavy atom. The molecule has 0 N–H and O–H groups in total. The first kappa shape index (κ1) is 28.2. The molecule has 1 atom stereocenters. The number of fused-ring (bicyclic) bond motifs is 1. The molecule has 1 heterocycles.